The van der Waals surface area contributed by atoms with Crippen LogP contribution in [0, 0.1) is 0 Å². The summed E-state index contributed by atoms with van der Waals surface area (Å²) in [5, 5.41) is 6.10. The van der Waals surface area contributed by atoms with Gasteiger partial charge in [0.2, 0.25) is 0 Å². The number of aromatic nitrogens is 2. The lowest BCUT2D eigenvalue weighted by Crippen LogP contribution is -2.27. The van der Waals surface area contributed by atoms with E-state index in [0.29, 0.717) is 28.4 Å². The van der Waals surface area contributed by atoms with Crippen molar-refractivity contribution in [3.8, 4) is 5.75 Å². The average Bonchev–Trinajstić information content (AvgIpc) is 3.50. The summed E-state index contributed by atoms with van der Waals surface area (Å²) in [6, 6.07) is 18.4. The van der Waals surface area contributed by atoms with E-state index in [0.717, 1.165) is 16.6 Å². The maximum Gasteiger partial charge on any atom is 0.310 e. The highest BCUT2D eigenvalue weighted by molar-refractivity contribution is 9.10. The zero-order valence-corrected chi connectivity index (χ0v) is 17.6. The van der Waals surface area contributed by atoms with E-state index in [2.05, 4.69) is 31.0 Å². The third-order valence-electron chi connectivity index (χ3n) is 5.06. The second-order valence-electron chi connectivity index (χ2n) is 6.86. The number of fused-ring (bicyclic) bond motifs is 1. The molecule has 1 amide bonds. The summed E-state index contributed by atoms with van der Waals surface area (Å²) >= 11 is 3.25. The molecular formula is C22H17BrN4O3. The van der Waals surface area contributed by atoms with E-state index in [1.807, 2.05) is 48.5 Å². The van der Waals surface area contributed by atoms with Crippen LogP contribution < -0.4 is 4.74 Å². The van der Waals surface area contributed by atoms with Gasteiger partial charge in [0.1, 0.15) is 11.5 Å². The monoisotopic (exact) mass is 464 g/mol. The second kappa shape index (κ2) is 7.46. The lowest BCUT2D eigenvalue weighted by molar-refractivity contribution is 0.0675. The highest BCUT2D eigenvalue weighted by atomic mass is 79.9. The van der Waals surface area contributed by atoms with Gasteiger partial charge in [0.05, 0.1) is 24.2 Å². The van der Waals surface area contributed by atoms with Gasteiger partial charge < -0.3 is 14.1 Å². The number of para-hydroxylation sites is 3. The molecule has 1 unspecified atom stereocenters. The van der Waals surface area contributed by atoms with Gasteiger partial charge in [-0.3, -0.25) is 4.79 Å². The fourth-order valence-corrected chi connectivity index (χ4v) is 3.96. The number of imidazole rings is 1. The number of nitrogens with one attached hydrogen (secondary N) is 1. The van der Waals surface area contributed by atoms with Gasteiger partial charge in [0.15, 0.2) is 16.3 Å². The Morgan fingerprint density at radius 2 is 1.97 bits per heavy atom. The largest absolute Gasteiger partial charge is 0.496 e. The molecule has 2 aromatic heterocycles. The molecular weight excluding hydrogens is 448 g/mol. The fourth-order valence-electron chi connectivity index (χ4n) is 3.66. The Bertz CT molecular complexity index is 1240. The molecule has 0 spiro atoms. The van der Waals surface area contributed by atoms with Gasteiger partial charge in [-0.05, 0) is 46.3 Å². The number of carbonyl (C=O) groups is 1. The summed E-state index contributed by atoms with van der Waals surface area (Å²) in [7, 11) is 1.62. The molecule has 4 aromatic rings. The lowest BCUT2D eigenvalue weighted by Gasteiger charge is -2.22. The first-order valence-corrected chi connectivity index (χ1v) is 10.2. The first-order valence-electron chi connectivity index (χ1n) is 9.38. The van der Waals surface area contributed by atoms with Crippen molar-refractivity contribution in [2.75, 3.05) is 7.11 Å². The number of aromatic amines is 1. The molecule has 30 heavy (non-hydrogen) atoms. The van der Waals surface area contributed by atoms with Crippen LogP contribution in [0.25, 0.3) is 11.0 Å². The molecule has 0 saturated carbocycles. The molecule has 1 atom stereocenters. The summed E-state index contributed by atoms with van der Waals surface area (Å²) in [5.74, 6) is 1.22. The zero-order chi connectivity index (χ0) is 20.7. The van der Waals surface area contributed by atoms with Crippen molar-refractivity contribution >= 4 is 38.6 Å². The Kier molecular flexibility index (Phi) is 4.63. The van der Waals surface area contributed by atoms with E-state index >= 15 is 0 Å². The number of rotatable bonds is 4. The minimum Gasteiger partial charge on any atom is -0.496 e. The topological polar surface area (TPSA) is 83.7 Å². The van der Waals surface area contributed by atoms with Crippen molar-refractivity contribution in [3.05, 3.63) is 82.5 Å². The molecule has 0 saturated heterocycles. The molecule has 0 radical (unpaired) electrons. The van der Waals surface area contributed by atoms with Gasteiger partial charge in [-0.2, -0.15) is 5.10 Å². The van der Waals surface area contributed by atoms with Crippen LogP contribution in [0.1, 0.15) is 34.4 Å². The maximum atomic E-state index is 13.2. The molecule has 3 heterocycles. The Balaban J connectivity index is 1.58. The normalized spacial score (nSPS) is 16.1. The van der Waals surface area contributed by atoms with E-state index in [9.17, 15) is 4.79 Å². The fraction of sp³-hybridized carbons (Fsp3) is 0.136. The van der Waals surface area contributed by atoms with Crippen LogP contribution in [0.4, 0.5) is 0 Å². The number of halogens is 1. The van der Waals surface area contributed by atoms with Crippen molar-refractivity contribution in [2.24, 2.45) is 5.10 Å². The molecule has 0 fully saturated rings. The van der Waals surface area contributed by atoms with Crippen molar-refractivity contribution in [1.29, 1.82) is 0 Å². The average molecular weight is 465 g/mol. The van der Waals surface area contributed by atoms with Gasteiger partial charge in [-0.15, -0.1) is 0 Å². The quantitative estimate of drug-likeness (QED) is 0.464. The predicted molar refractivity (Wildman–Crippen MR) is 116 cm³/mol. The number of nitrogens with zero attached hydrogens (tertiary/aromatic N) is 3. The van der Waals surface area contributed by atoms with Gasteiger partial charge in [-0.1, -0.05) is 30.3 Å². The SMILES string of the molecule is COc1ccccc1C1CC(c2nc3ccccc3[nH]2)=NN1C(=O)c1ccc(Br)o1. The molecule has 150 valence electrons. The van der Waals surface area contributed by atoms with Crippen LogP contribution in [0.2, 0.25) is 0 Å². The van der Waals surface area contributed by atoms with Crippen LogP contribution in [0.5, 0.6) is 5.75 Å². The van der Waals surface area contributed by atoms with Gasteiger partial charge in [0.25, 0.3) is 0 Å². The van der Waals surface area contributed by atoms with E-state index in [-0.39, 0.29) is 17.7 Å². The molecule has 7 nitrogen and oxygen atoms in total. The van der Waals surface area contributed by atoms with Gasteiger partial charge in [0, 0.05) is 12.0 Å². The number of H-pyrrole nitrogens is 1. The maximum absolute atomic E-state index is 13.2. The number of carbonyl (C=O) groups excluding carboxylic acids is 1. The number of methoxy groups -OCH3 is 1. The van der Waals surface area contributed by atoms with Crippen molar-refractivity contribution in [1.82, 2.24) is 15.0 Å². The third-order valence-corrected chi connectivity index (χ3v) is 5.49. The minimum atomic E-state index is -0.347. The molecule has 1 N–H and O–H groups in total. The van der Waals surface area contributed by atoms with Crippen molar-refractivity contribution < 1.29 is 13.9 Å². The summed E-state index contributed by atoms with van der Waals surface area (Å²) in [6.45, 7) is 0. The highest BCUT2D eigenvalue weighted by Gasteiger charge is 2.37. The second-order valence-corrected chi connectivity index (χ2v) is 7.65. The van der Waals surface area contributed by atoms with E-state index in [4.69, 9.17) is 9.15 Å². The molecule has 0 aliphatic carbocycles. The molecule has 1 aliphatic rings. The number of hydrazone groups is 1. The number of furan rings is 1. The highest BCUT2D eigenvalue weighted by Crippen LogP contribution is 2.38. The number of hydrogen-bond donors (Lipinski definition) is 1. The molecule has 0 bridgehead atoms. The number of ether oxygens (including phenoxy) is 1. The standard InChI is InChI=1S/C22H17BrN4O3/c1-29-18-9-5-2-6-13(18)17-12-16(21-24-14-7-3-4-8-15(14)25-21)26-27(17)22(28)19-10-11-20(23)30-19/h2-11,17H,12H2,1H3,(H,24,25). The van der Waals surface area contributed by atoms with E-state index in [1.54, 1.807) is 19.2 Å². The zero-order valence-electron chi connectivity index (χ0n) is 16.0. The molecule has 2 aromatic carbocycles. The van der Waals surface area contributed by atoms with Crippen molar-refractivity contribution in [3.63, 3.8) is 0 Å². The predicted octanol–water partition coefficient (Wildman–Crippen LogP) is 4.92. The van der Waals surface area contributed by atoms with Crippen LogP contribution >= 0.6 is 15.9 Å². The van der Waals surface area contributed by atoms with Crippen molar-refractivity contribution in [2.45, 2.75) is 12.5 Å². The molecule has 1 aliphatic heterocycles. The smallest absolute Gasteiger partial charge is 0.310 e. The first-order chi connectivity index (χ1) is 14.6. The summed E-state index contributed by atoms with van der Waals surface area (Å²) in [6.07, 6.45) is 0.494. The Labute approximate surface area is 180 Å². The van der Waals surface area contributed by atoms with Crippen LogP contribution in [-0.2, 0) is 0 Å². The molecule has 5 rings (SSSR count). The minimum absolute atomic E-state index is 0.205. The van der Waals surface area contributed by atoms with Crippen LogP contribution in [-0.4, -0.2) is 33.7 Å². The Morgan fingerprint density at radius 1 is 1.17 bits per heavy atom. The summed E-state index contributed by atoms with van der Waals surface area (Å²) < 4.78 is 11.5. The van der Waals surface area contributed by atoms with E-state index in [1.165, 1.54) is 5.01 Å². The Hall–Kier alpha value is -3.39. The number of amides is 1. The van der Waals surface area contributed by atoms with Gasteiger partial charge in [-0.25, -0.2) is 9.99 Å². The third kappa shape index (κ3) is 3.19. The summed E-state index contributed by atoms with van der Waals surface area (Å²) in [4.78, 5) is 21.2. The summed E-state index contributed by atoms with van der Waals surface area (Å²) in [5.41, 5.74) is 3.34. The Morgan fingerprint density at radius 3 is 2.73 bits per heavy atom. The van der Waals surface area contributed by atoms with E-state index < -0.39 is 0 Å². The lowest BCUT2D eigenvalue weighted by atomic mass is 10.0. The van der Waals surface area contributed by atoms with Crippen LogP contribution in [0.3, 0.4) is 0 Å². The molecule has 8 heteroatoms. The number of benzene rings is 2. The number of hydrogen-bond acceptors (Lipinski definition) is 5. The van der Waals surface area contributed by atoms with Gasteiger partial charge >= 0.3 is 5.91 Å². The first kappa shape index (κ1) is 18.6. The van der Waals surface area contributed by atoms with Crippen LogP contribution in [0.15, 0.2) is 74.9 Å².